The minimum Gasteiger partial charge on any atom is -0.392 e. The number of nitrogens with one attached hydrogen (secondary N) is 1. The van der Waals surface area contributed by atoms with Crippen LogP contribution in [0.15, 0.2) is 53.4 Å². The normalized spacial score (nSPS) is 11.3. The number of anilines is 1. The molecule has 100 valence electrons. The zero-order valence-electron chi connectivity index (χ0n) is 10.5. The highest BCUT2D eigenvalue weighted by Crippen LogP contribution is 2.21. The van der Waals surface area contributed by atoms with Gasteiger partial charge >= 0.3 is 0 Å². The second-order valence-corrected chi connectivity index (χ2v) is 5.82. The Bertz CT molecular complexity index is 666. The Morgan fingerprint density at radius 3 is 2.37 bits per heavy atom. The van der Waals surface area contributed by atoms with Crippen LogP contribution in [-0.2, 0) is 16.6 Å². The average molecular weight is 277 g/mol. The quantitative estimate of drug-likeness (QED) is 0.901. The van der Waals surface area contributed by atoms with Crippen molar-refractivity contribution >= 4 is 15.7 Å². The Labute approximate surface area is 112 Å². The van der Waals surface area contributed by atoms with Crippen LogP contribution in [0.25, 0.3) is 0 Å². The molecular formula is C14H15NO3S. The molecule has 0 amide bonds. The highest BCUT2D eigenvalue weighted by Gasteiger charge is 2.18. The number of rotatable bonds is 4. The van der Waals surface area contributed by atoms with Crippen molar-refractivity contribution < 1.29 is 13.5 Å². The summed E-state index contributed by atoms with van der Waals surface area (Å²) < 4.78 is 27.1. The van der Waals surface area contributed by atoms with Crippen LogP contribution in [0.3, 0.4) is 0 Å². The number of hydrogen-bond donors (Lipinski definition) is 2. The van der Waals surface area contributed by atoms with Crippen molar-refractivity contribution in [1.29, 1.82) is 0 Å². The van der Waals surface area contributed by atoms with Gasteiger partial charge in [0, 0.05) is 5.69 Å². The molecule has 0 aromatic heterocycles. The number of sulfonamides is 1. The molecule has 0 atom stereocenters. The summed E-state index contributed by atoms with van der Waals surface area (Å²) in [6, 6.07) is 13.6. The third kappa shape index (κ3) is 2.94. The van der Waals surface area contributed by atoms with Crippen molar-refractivity contribution in [2.75, 3.05) is 4.72 Å². The van der Waals surface area contributed by atoms with Crippen LogP contribution in [0.4, 0.5) is 5.69 Å². The van der Waals surface area contributed by atoms with Gasteiger partial charge in [-0.3, -0.25) is 4.72 Å². The SMILES string of the molecule is Cc1c(CO)cccc1S(=O)(=O)Nc1ccccc1. The summed E-state index contributed by atoms with van der Waals surface area (Å²) in [6.45, 7) is 1.51. The second-order valence-electron chi connectivity index (χ2n) is 4.17. The minimum absolute atomic E-state index is 0.180. The molecule has 0 bridgehead atoms. The van der Waals surface area contributed by atoms with Crippen LogP contribution in [0, 0.1) is 6.92 Å². The van der Waals surface area contributed by atoms with Gasteiger partial charge in [-0.2, -0.15) is 0 Å². The van der Waals surface area contributed by atoms with E-state index in [1.54, 1.807) is 43.3 Å². The summed E-state index contributed by atoms with van der Waals surface area (Å²) in [5, 5.41) is 9.18. The first-order valence-corrected chi connectivity index (χ1v) is 7.30. The molecule has 0 radical (unpaired) electrons. The van der Waals surface area contributed by atoms with E-state index in [2.05, 4.69) is 4.72 Å². The van der Waals surface area contributed by atoms with E-state index < -0.39 is 10.0 Å². The summed E-state index contributed by atoms with van der Waals surface area (Å²) in [5.74, 6) is 0. The molecule has 0 aliphatic carbocycles. The fraction of sp³-hybridized carbons (Fsp3) is 0.143. The Balaban J connectivity index is 2.40. The number of aliphatic hydroxyl groups is 1. The topological polar surface area (TPSA) is 66.4 Å². The lowest BCUT2D eigenvalue weighted by Gasteiger charge is -2.12. The molecule has 4 nitrogen and oxygen atoms in total. The van der Waals surface area contributed by atoms with Crippen LogP contribution < -0.4 is 4.72 Å². The predicted octanol–water partition coefficient (Wildman–Crippen LogP) is 2.29. The fourth-order valence-corrected chi connectivity index (χ4v) is 3.19. The van der Waals surface area contributed by atoms with E-state index in [0.29, 0.717) is 16.8 Å². The largest absolute Gasteiger partial charge is 0.392 e. The van der Waals surface area contributed by atoms with Crippen LogP contribution in [0.2, 0.25) is 0 Å². The van der Waals surface area contributed by atoms with E-state index in [4.69, 9.17) is 0 Å². The highest BCUT2D eigenvalue weighted by atomic mass is 32.2. The van der Waals surface area contributed by atoms with Gasteiger partial charge in [0.25, 0.3) is 10.0 Å². The van der Waals surface area contributed by atoms with E-state index in [0.717, 1.165) is 0 Å². The van der Waals surface area contributed by atoms with Gasteiger partial charge in [0.15, 0.2) is 0 Å². The molecule has 19 heavy (non-hydrogen) atoms. The molecule has 2 N–H and O–H groups in total. The van der Waals surface area contributed by atoms with E-state index in [9.17, 15) is 13.5 Å². The van der Waals surface area contributed by atoms with Gasteiger partial charge in [-0.05, 0) is 36.2 Å². The Morgan fingerprint density at radius 1 is 1.05 bits per heavy atom. The van der Waals surface area contributed by atoms with Gasteiger partial charge in [-0.15, -0.1) is 0 Å². The summed E-state index contributed by atoms with van der Waals surface area (Å²) in [5.41, 5.74) is 1.68. The van der Waals surface area contributed by atoms with Crippen molar-refractivity contribution in [2.45, 2.75) is 18.4 Å². The molecule has 2 rings (SSSR count). The smallest absolute Gasteiger partial charge is 0.262 e. The number of aliphatic hydroxyl groups excluding tert-OH is 1. The van der Waals surface area contributed by atoms with Gasteiger partial charge in [-0.1, -0.05) is 30.3 Å². The maximum absolute atomic E-state index is 12.3. The third-order valence-electron chi connectivity index (χ3n) is 2.88. The Kier molecular flexibility index (Phi) is 3.87. The van der Waals surface area contributed by atoms with Gasteiger partial charge < -0.3 is 5.11 Å². The van der Waals surface area contributed by atoms with Crippen LogP contribution in [0.5, 0.6) is 0 Å². The molecular weight excluding hydrogens is 262 g/mol. The molecule has 0 fully saturated rings. The molecule has 0 unspecified atom stereocenters. The van der Waals surface area contributed by atoms with Gasteiger partial charge in [-0.25, -0.2) is 8.42 Å². The molecule has 2 aromatic rings. The number of hydrogen-bond acceptors (Lipinski definition) is 3. The van der Waals surface area contributed by atoms with Crippen molar-refractivity contribution in [3.63, 3.8) is 0 Å². The monoisotopic (exact) mass is 277 g/mol. The van der Waals surface area contributed by atoms with Crippen molar-refractivity contribution in [3.05, 3.63) is 59.7 Å². The first-order chi connectivity index (χ1) is 9.04. The van der Waals surface area contributed by atoms with Gasteiger partial charge in [0.2, 0.25) is 0 Å². The lowest BCUT2D eigenvalue weighted by Crippen LogP contribution is -2.15. The van der Waals surface area contributed by atoms with Gasteiger partial charge in [0.05, 0.1) is 11.5 Å². The molecule has 2 aromatic carbocycles. The second kappa shape index (κ2) is 5.42. The third-order valence-corrected chi connectivity index (χ3v) is 4.41. The van der Waals surface area contributed by atoms with Crippen molar-refractivity contribution in [1.82, 2.24) is 0 Å². The first-order valence-electron chi connectivity index (χ1n) is 5.82. The summed E-state index contributed by atoms with van der Waals surface area (Å²) >= 11 is 0. The molecule has 0 aliphatic heterocycles. The summed E-state index contributed by atoms with van der Waals surface area (Å²) in [4.78, 5) is 0.183. The lowest BCUT2D eigenvalue weighted by molar-refractivity contribution is 0.280. The summed E-state index contributed by atoms with van der Waals surface area (Å²) in [6.07, 6.45) is 0. The molecule has 0 spiro atoms. The van der Waals surface area contributed by atoms with Crippen LogP contribution in [-0.4, -0.2) is 13.5 Å². The van der Waals surface area contributed by atoms with Crippen LogP contribution in [0.1, 0.15) is 11.1 Å². The maximum atomic E-state index is 12.3. The standard InChI is InChI=1S/C14H15NO3S/c1-11-12(10-16)6-5-9-14(11)19(17,18)15-13-7-3-2-4-8-13/h2-9,15-16H,10H2,1H3. The molecule has 0 saturated carbocycles. The van der Waals surface area contributed by atoms with Crippen molar-refractivity contribution in [3.8, 4) is 0 Å². The Morgan fingerprint density at radius 2 is 1.74 bits per heavy atom. The first kappa shape index (κ1) is 13.6. The highest BCUT2D eigenvalue weighted by molar-refractivity contribution is 7.92. The fourth-order valence-electron chi connectivity index (χ4n) is 1.84. The van der Waals surface area contributed by atoms with Gasteiger partial charge in [0.1, 0.15) is 0 Å². The number of benzene rings is 2. The molecule has 0 saturated heterocycles. The van der Waals surface area contributed by atoms with E-state index in [1.165, 1.54) is 6.07 Å². The zero-order valence-corrected chi connectivity index (χ0v) is 11.3. The van der Waals surface area contributed by atoms with E-state index >= 15 is 0 Å². The predicted molar refractivity (Wildman–Crippen MR) is 74.4 cm³/mol. The zero-order chi connectivity index (χ0) is 13.9. The maximum Gasteiger partial charge on any atom is 0.262 e. The lowest BCUT2D eigenvalue weighted by atomic mass is 10.1. The van der Waals surface area contributed by atoms with Crippen LogP contribution >= 0.6 is 0 Å². The molecule has 5 heteroatoms. The van der Waals surface area contributed by atoms with Crippen molar-refractivity contribution in [2.24, 2.45) is 0 Å². The number of para-hydroxylation sites is 1. The molecule has 0 heterocycles. The molecule has 0 aliphatic rings. The summed E-state index contributed by atoms with van der Waals surface area (Å²) in [7, 11) is -3.64. The average Bonchev–Trinajstić information content (AvgIpc) is 2.39. The Hall–Kier alpha value is -1.85. The van der Waals surface area contributed by atoms with E-state index in [-0.39, 0.29) is 11.5 Å². The minimum atomic E-state index is -3.64. The van der Waals surface area contributed by atoms with E-state index in [1.807, 2.05) is 6.07 Å².